The van der Waals surface area contributed by atoms with Gasteiger partial charge in [0, 0.05) is 25.6 Å². The van der Waals surface area contributed by atoms with Crippen LogP contribution in [0.4, 0.5) is 5.69 Å². The van der Waals surface area contributed by atoms with Crippen molar-refractivity contribution in [2.75, 3.05) is 32.8 Å². The maximum absolute atomic E-state index is 10.3. The van der Waals surface area contributed by atoms with Crippen molar-refractivity contribution in [2.24, 2.45) is 0 Å². The van der Waals surface area contributed by atoms with E-state index in [1.54, 1.807) is 19.2 Å². The van der Waals surface area contributed by atoms with Crippen molar-refractivity contribution in [3.05, 3.63) is 78.1 Å². The fourth-order valence-electron chi connectivity index (χ4n) is 2.39. The maximum atomic E-state index is 10.3. The predicted molar refractivity (Wildman–Crippen MR) is 180 cm³/mol. The Morgan fingerprint density at radius 3 is 1.86 bits per heavy atom. The number of hydrogen-bond acceptors (Lipinski definition) is 6. The number of carboxylic acids is 1. The van der Waals surface area contributed by atoms with E-state index in [1.165, 1.54) is 0 Å². The molecule has 0 saturated carbocycles. The molecule has 0 aromatic heterocycles. The summed E-state index contributed by atoms with van der Waals surface area (Å²) in [5.41, 5.74) is 1.80. The van der Waals surface area contributed by atoms with Gasteiger partial charge in [-0.25, -0.2) is 0 Å². The lowest BCUT2D eigenvalue weighted by Gasteiger charge is -2.04. The number of carbonyl (C=O) groups is 2. The molecule has 0 spiro atoms. The van der Waals surface area contributed by atoms with Crippen LogP contribution in [-0.4, -0.2) is 50.0 Å². The number of ether oxygens (including phenoxy) is 3. The molecule has 0 unspecified atom stereocenters. The number of terminal acetylenes is 1. The van der Waals surface area contributed by atoms with E-state index in [1.807, 2.05) is 96.2 Å². The SMILES string of the molecule is C#CC/C=C(\C)OC.C/C=C\C.CC.CCCOc1ccc(NC=O)cc1.CCOc1ccc(CCC(=O)O)cc1.CO. The summed E-state index contributed by atoms with van der Waals surface area (Å²) < 4.78 is 15.5. The van der Waals surface area contributed by atoms with Gasteiger partial charge in [0.05, 0.1) is 26.1 Å². The van der Waals surface area contributed by atoms with Gasteiger partial charge in [0.25, 0.3) is 0 Å². The smallest absolute Gasteiger partial charge is 0.303 e. The summed E-state index contributed by atoms with van der Waals surface area (Å²) in [6.07, 6.45) is 13.9. The molecule has 2 aromatic rings. The fourth-order valence-corrected chi connectivity index (χ4v) is 2.39. The zero-order chi connectivity index (χ0) is 33.7. The molecule has 0 aliphatic carbocycles. The van der Waals surface area contributed by atoms with Gasteiger partial charge < -0.3 is 29.7 Å². The van der Waals surface area contributed by atoms with Crippen LogP contribution >= 0.6 is 0 Å². The molecule has 1 amide bonds. The number of rotatable bonds is 12. The van der Waals surface area contributed by atoms with Crippen LogP contribution in [-0.2, 0) is 20.7 Å². The molecule has 242 valence electrons. The average molecular weight is 602 g/mol. The lowest BCUT2D eigenvalue weighted by atomic mass is 10.1. The van der Waals surface area contributed by atoms with Crippen LogP contribution in [0.15, 0.2) is 72.5 Å². The minimum atomic E-state index is -0.765. The lowest BCUT2D eigenvalue weighted by Crippen LogP contribution is -1.97. The van der Waals surface area contributed by atoms with Crippen LogP contribution in [0.2, 0.25) is 0 Å². The number of amides is 1. The van der Waals surface area contributed by atoms with E-state index in [0.717, 1.165) is 48.6 Å². The second-order valence-electron chi connectivity index (χ2n) is 7.70. The molecule has 43 heavy (non-hydrogen) atoms. The van der Waals surface area contributed by atoms with Gasteiger partial charge in [-0.1, -0.05) is 45.1 Å². The molecular formula is C35H55NO7. The van der Waals surface area contributed by atoms with E-state index in [0.29, 0.717) is 25.9 Å². The number of allylic oxidation sites excluding steroid dienone is 4. The van der Waals surface area contributed by atoms with Gasteiger partial charge in [0.2, 0.25) is 6.41 Å². The number of aryl methyl sites for hydroxylation is 1. The molecule has 0 saturated heterocycles. The van der Waals surface area contributed by atoms with Crippen molar-refractivity contribution in [3.63, 3.8) is 0 Å². The van der Waals surface area contributed by atoms with Crippen LogP contribution in [0.25, 0.3) is 0 Å². The standard InChI is InChI=1S/C11H14O3.C10H13NO2.C7H10O.C4H8.C2H6.CH4O/c1-2-14-10-6-3-9(4-7-10)5-8-11(12)13;1-2-7-13-10-5-3-9(4-6-10)11-8-12;1-4-5-6-7(2)8-3;1-3-4-2;2*1-2/h3-4,6-7H,2,5,8H2,1H3,(H,12,13);3-6,8H,2,7H2,1H3,(H,11,12);1,6H,5H2,2-3H3;3-4H,1-2H3;1-2H3;2H,1H3/b;;7-6+;4-3-;;. The van der Waals surface area contributed by atoms with E-state index < -0.39 is 5.97 Å². The summed E-state index contributed by atoms with van der Waals surface area (Å²) in [4.78, 5) is 20.4. The maximum Gasteiger partial charge on any atom is 0.303 e. The molecule has 2 aromatic carbocycles. The molecule has 0 atom stereocenters. The third-order valence-electron chi connectivity index (χ3n) is 4.58. The molecule has 0 aliphatic heterocycles. The molecule has 3 N–H and O–H groups in total. The largest absolute Gasteiger partial charge is 0.502 e. The number of nitrogens with one attached hydrogen (secondary N) is 1. The van der Waals surface area contributed by atoms with Gasteiger partial charge in [-0.05, 0) is 88.6 Å². The number of carbonyl (C=O) groups excluding carboxylic acids is 1. The minimum Gasteiger partial charge on any atom is -0.502 e. The summed E-state index contributed by atoms with van der Waals surface area (Å²) in [6, 6.07) is 14.8. The number of carboxylic acid groups (broad SMARTS) is 1. The number of methoxy groups -OCH3 is 1. The van der Waals surface area contributed by atoms with Crippen molar-refractivity contribution in [2.45, 2.75) is 74.1 Å². The number of aliphatic carboxylic acids is 1. The molecular weight excluding hydrogens is 546 g/mol. The molecule has 0 aliphatic rings. The van der Waals surface area contributed by atoms with E-state index in [2.05, 4.69) is 18.2 Å². The zero-order valence-corrected chi connectivity index (χ0v) is 27.7. The second kappa shape index (κ2) is 37.8. The Labute approximate surface area is 260 Å². The Bertz CT molecular complexity index is 973. The predicted octanol–water partition coefficient (Wildman–Crippen LogP) is 7.92. The fraction of sp³-hybridized carbons (Fsp3) is 0.429. The normalized spacial score (nSPS) is 9.09. The Hall–Kier alpha value is -4.22. The Balaban J connectivity index is -0.000000242. The number of benzene rings is 2. The van der Waals surface area contributed by atoms with E-state index >= 15 is 0 Å². The highest BCUT2D eigenvalue weighted by molar-refractivity contribution is 5.71. The van der Waals surface area contributed by atoms with Crippen molar-refractivity contribution in [1.29, 1.82) is 0 Å². The van der Waals surface area contributed by atoms with Gasteiger partial charge >= 0.3 is 5.97 Å². The van der Waals surface area contributed by atoms with E-state index in [9.17, 15) is 9.59 Å². The summed E-state index contributed by atoms with van der Waals surface area (Å²) in [6.45, 7) is 15.2. The average Bonchev–Trinajstić information content (AvgIpc) is 3.05. The van der Waals surface area contributed by atoms with Gasteiger partial charge in [-0.15, -0.1) is 12.3 Å². The number of aliphatic hydroxyl groups is 1. The first-order valence-corrected chi connectivity index (χ1v) is 14.3. The van der Waals surface area contributed by atoms with Crippen molar-refractivity contribution in [1.82, 2.24) is 0 Å². The first kappa shape index (κ1) is 45.8. The van der Waals surface area contributed by atoms with Crippen molar-refractivity contribution < 1.29 is 34.0 Å². The first-order valence-electron chi connectivity index (χ1n) is 14.3. The highest BCUT2D eigenvalue weighted by Gasteiger charge is 1.99. The highest BCUT2D eigenvalue weighted by atomic mass is 16.5. The topological polar surface area (TPSA) is 114 Å². The molecule has 8 heteroatoms. The summed E-state index contributed by atoms with van der Waals surface area (Å²) in [5, 5.41) is 18.0. The number of aliphatic hydroxyl groups excluding tert-OH is 1. The molecule has 8 nitrogen and oxygen atoms in total. The van der Waals surface area contributed by atoms with Crippen LogP contribution in [0, 0.1) is 12.3 Å². The molecule has 0 fully saturated rings. The van der Waals surface area contributed by atoms with Gasteiger partial charge in [0.15, 0.2) is 0 Å². The van der Waals surface area contributed by atoms with Gasteiger partial charge in [0.1, 0.15) is 11.5 Å². The number of hydrogen-bond donors (Lipinski definition) is 3. The highest BCUT2D eigenvalue weighted by Crippen LogP contribution is 2.15. The van der Waals surface area contributed by atoms with Gasteiger partial charge in [-0.3, -0.25) is 9.59 Å². The monoisotopic (exact) mass is 601 g/mol. The molecule has 0 radical (unpaired) electrons. The van der Waals surface area contributed by atoms with Gasteiger partial charge in [-0.2, -0.15) is 0 Å². The van der Waals surface area contributed by atoms with Crippen LogP contribution < -0.4 is 14.8 Å². The summed E-state index contributed by atoms with van der Waals surface area (Å²) in [7, 11) is 2.63. The molecule has 2 rings (SSSR count). The van der Waals surface area contributed by atoms with E-state index in [4.69, 9.17) is 30.8 Å². The third kappa shape index (κ3) is 33.9. The Kier molecular flexibility index (Phi) is 40.2. The van der Waals surface area contributed by atoms with Crippen LogP contribution in [0.1, 0.15) is 73.3 Å². The Morgan fingerprint density at radius 1 is 0.953 bits per heavy atom. The number of anilines is 1. The first-order chi connectivity index (χ1) is 20.8. The van der Waals surface area contributed by atoms with E-state index in [-0.39, 0.29) is 6.42 Å². The van der Waals surface area contributed by atoms with Crippen LogP contribution in [0.5, 0.6) is 11.5 Å². The second-order valence-corrected chi connectivity index (χ2v) is 7.70. The van der Waals surface area contributed by atoms with Crippen molar-refractivity contribution in [3.8, 4) is 23.8 Å². The molecule has 0 bridgehead atoms. The Morgan fingerprint density at radius 2 is 1.47 bits per heavy atom. The quantitative estimate of drug-likeness (QED) is 0.0980. The van der Waals surface area contributed by atoms with Crippen molar-refractivity contribution >= 4 is 18.1 Å². The molecule has 0 heterocycles. The summed E-state index contributed by atoms with van der Waals surface area (Å²) in [5.74, 6) is 4.25. The van der Waals surface area contributed by atoms with Crippen LogP contribution in [0.3, 0.4) is 0 Å². The minimum absolute atomic E-state index is 0.175. The third-order valence-corrected chi connectivity index (χ3v) is 4.58. The lowest BCUT2D eigenvalue weighted by molar-refractivity contribution is -0.137. The zero-order valence-electron chi connectivity index (χ0n) is 27.7. The summed E-state index contributed by atoms with van der Waals surface area (Å²) >= 11 is 0.